The van der Waals surface area contributed by atoms with E-state index in [1.54, 1.807) is 0 Å². The summed E-state index contributed by atoms with van der Waals surface area (Å²) in [5.41, 5.74) is 1.46. The number of hydrogen-bond acceptors (Lipinski definition) is 1. The third-order valence-corrected chi connectivity index (χ3v) is 4.82. The highest BCUT2D eigenvalue weighted by Crippen LogP contribution is 2.45. The Balaban J connectivity index is 0.00000161. The Kier molecular flexibility index (Phi) is 5.77. The van der Waals surface area contributed by atoms with Gasteiger partial charge in [0.1, 0.15) is 0 Å². The van der Waals surface area contributed by atoms with Crippen molar-refractivity contribution in [3.63, 3.8) is 0 Å². The molecule has 0 aliphatic heterocycles. The van der Waals surface area contributed by atoms with Crippen molar-refractivity contribution in [1.29, 1.82) is 0 Å². The Morgan fingerprint density at radius 2 is 2.05 bits per heavy atom. The smallest absolute Gasteiger partial charge is 0.191 e. The maximum atomic E-state index is 6.39. The van der Waals surface area contributed by atoms with E-state index in [1.165, 1.54) is 37.7 Å². The van der Waals surface area contributed by atoms with Gasteiger partial charge < -0.3 is 10.6 Å². The first-order valence-corrected chi connectivity index (χ1v) is 7.83. The van der Waals surface area contributed by atoms with E-state index < -0.39 is 0 Å². The van der Waals surface area contributed by atoms with Crippen molar-refractivity contribution < 1.29 is 0 Å². The topological polar surface area (TPSA) is 36.4 Å². The SMILES string of the molecule is CN=C(NCC1(c2ccccc2Cl)CCC1)NC1CC1.I. The normalized spacial score (nSPS) is 20.2. The lowest BCUT2D eigenvalue weighted by Crippen LogP contribution is -2.49. The van der Waals surface area contributed by atoms with Crippen LogP contribution in [0.4, 0.5) is 0 Å². The van der Waals surface area contributed by atoms with Crippen LogP contribution in [0.25, 0.3) is 0 Å². The standard InChI is InChI=1S/C16H22ClN3.HI/c1-18-15(20-12-7-8-12)19-11-16(9-4-10-16)13-5-2-3-6-14(13)17;/h2-3,5-6,12H,4,7-11H2,1H3,(H2,18,19,20);1H. The fourth-order valence-corrected chi connectivity index (χ4v) is 3.24. The number of aliphatic imine (C=N–C) groups is 1. The third-order valence-electron chi connectivity index (χ3n) is 4.49. The van der Waals surface area contributed by atoms with Gasteiger partial charge in [0, 0.05) is 30.1 Å². The molecular formula is C16H23ClIN3. The number of benzene rings is 1. The highest BCUT2D eigenvalue weighted by Gasteiger charge is 2.40. The summed E-state index contributed by atoms with van der Waals surface area (Å²) in [4.78, 5) is 4.31. The van der Waals surface area contributed by atoms with Crippen molar-refractivity contribution in [1.82, 2.24) is 10.6 Å². The van der Waals surface area contributed by atoms with Crippen LogP contribution in [0, 0.1) is 0 Å². The summed E-state index contributed by atoms with van der Waals surface area (Å²) in [6.45, 7) is 0.906. The lowest BCUT2D eigenvalue weighted by atomic mass is 9.64. The molecule has 0 saturated heterocycles. The minimum absolute atomic E-state index is 0. The highest BCUT2D eigenvalue weighted by molar-refractivity contribution is 14.0. The molecule has 3 nitrogen and oxygen atoms in total. The van der Waals surface area contributed by atoms with Crippen LogP contribution in [0.15, 0.2) is 29.3 Å². The second-order valence-corrected chi connectivity index (χ2v) is 6.37. The zero-order valence-electron chi connectivity index (χ0n) is 12.4. The summed E-state index contributed by atoms with van der Waals surface area (Å²) in [5, 5.41) is 7.81. The second kappa shape index (κ2) is 7.18. The van der Waals surface area contributed by atoms with Gasteiger partial charge in [-0.05, 0) is 37.3 Å². The molecule has 2 fully saturated rings. The Hall–Kier alpha value is -0.490. The van der Waals surface area contributed by atoms with Crippen molar-refractivity contribution in [3.8, 4) is 0 Å². The van der Waals surface area contributed by atoms with Gasteiger partial charge in [0.2, 0.25) is 0 Å². The van der Waals surface area contributed by atoms with Crippen molar-refractivity contribution in [3.05, 3.63) is 34.9 Å². The highest BCUT2D eigenvalue weighted by atomic mass is 127. The third kappa shape index (κ3) is 3.83. The molecule has 0 heterocycles. The quantitative estimate of drug-likeness (QED) is 0.443. The maximum absolute atomic E-state index is 6.39. The summed E-state index contributed by atoms with van der Waals surface area (Å²) < 4.78 is 0. The molecule has 21 heavy (non-hydrogen) atoms. The Morgan fingerprint density at radius 1 is 1.33 bits per heavy atom. The molecule has 5 heteroatoms. The van der Waals surface area contributed by atoms with Crippen LogP contribution in [0.3, 0.4) is 0 Å². The van der Waals surface area contributed by atoms with Crippen LogP contribution in [0.2, 0.25) is 5.02 Å². The lowest BCUT2D eigenvalue weighted by Gasteiger charge is -2.43. The molecule has 116 valence electrons. The van der Waals surface area contributed by atoms with Crippen LogP contribution in [-0.2, 0) is 5.41 Å². The van der Waals surface area contributed by atoms with Gasteiger partial charge in [0.15, 0.2) is 5.96 Å². The zero-order valence-corrected chi connectivity index (χ0v) is 15.4. The average molecular weight is 420 g/mol. The Morgan fingerprint density at radius 3 is 2.57 bits per heavy atom. The van der Waals surface area contributed by atoms with Crippen molar-refractivity contribution >= 4 is 41.5 Å². The van der Waals surface area contributed by atoms with Crippen LogP contribution >= 0.6 is 35.6 Å². The molecule has 2 aliphatic rings. The molecular weight excluding hydrogens is 397 g/mol. The van der Waals surface area contributed by atoms with Crippen LogP contribution in [0.5, 0.6) is 0 Å². The van der Waals surface area contributed by atoms with Gasteiger partial charge in [-0.1, -0.05) is 36.2 Å². The second-order valence-electron chi connectivity index (χ2n) is 5.96. The fraction of sp³-hybridized carbons (Fsp3) is 0.562. The van der Waals surface area contributed by atoms with E-state index in [9.17, 15) is 0 Å². The van der Waals surface area contributed by atoms with Crippen LogP contribution < -0.4 is 10.6 Å². The fourth-order valence-electron chi connectivity index (χ4n) is 2.90. The summed E-state index contributed by atoms with van der Waals surface area (Å²) >= 11 is 6.39. The number of nitrogens with zero attached hydrogens (tertiary/aromatic N) is 1. The number of rotatable bonds is 4. The number of nitrogens with one attached hydrogen (secondary N) is 2. The largest absolute Gasteiger partial charge is 0.356 e. The van der Waals surface area contributed by atoms with Crippen molar-refractivity contribution in [2.75, 3.05) is 13.6 Å². The number of guanidine groups is 1. The van der Waals surface area contributed by atoms with E-state index in [1.807, 2.05) is 19.2 Å². The van der Waals surface area contributed by atoms with E-state index in [4.69, 9.17) is 11.6 Å². The monoisotopic (exact) mass is 419 g/mol. The summed E-state index contributed by atoms with van der Waals surface area (Å²) in [7, 11) is 1.83. The van der Waals surface area contributed by atoms with Gasteiger partial charge in [-0.3, -0.25) is 4.99 Å². The van der Waals surface area contributed by atoms with E-state index >= 15 is 0 Å². The van der Waals surface area contributed by atoms with Gasteiger partial charge in [-0.25, -0.2) is 0 Å². The minimum Gasteiger partial charge on any atom is -0.356 e. The molecule has 0 spiro atoms. The van der Waals surface area contributed by atoms with Crippen LogP contribution in [-0.4, -0.2) is 25.6 Å². The molecule has 3 rings (SSSR count). The van der Waals surface area contributed by atoms with Crippen molar-refractivity contribution in [2.45, 2.75) is 43.6 Å². The molecule has 2 aliphatic carbocycles. The van der Waals surface area contributed by atoms with E-state index in [0.29, 0.717) is 6.04 Å². The van der Waals surface area contributed by atoms with E-state index in [2.05, 4.69) is 27.8 Å². The number of halogens is 2. The number of hydrogen-bond donors (Lipinski definition) is 2. The Bertz CT molecular complexity index is 510. The predicted molar refractivity (Wildman–Crippen MR) is 99.9 cm³/mol. The van der Waals surface area contributed by atoms with Crippen LogP contribution in [0.1, 0.15) is 37.7 Å². The van der Waals surface area contributed by atoms with E-state index in [0.717, 1.165) is 17.5 Å². The zero-order chi connectivity index (χ0) is 14.0. The predicted octanol–water partition coefficient (Wildman–Crippen LogP) is 3.71. The molecule has 1 aromatic carbocycles. The molecule has 1 aromatic rings. The molecule has 0 unspecified atom stereocenters. The minimum atomic E-state index is 0. The lowest BCUT2D eigenvalue weighted by molar-refractivity contribution is 0.244. The average Bonchev–Trinajstić information content (AvgIpc) is 3.22. The van der Waals surface area contributed by atoms with Gasteiger partial charge in [0.05, 0.1) is 0 Å². The van der Waals surface area contributed by atoms with Gasteiger partial charge >= 0.3 is 0 Å². The Labute approximate surface area is 149 Å². The molecule has 0 aromatic heterocycles. The molecule has 0 bridgehead atoms. The van der Waals surface area contributed by atoms with E-state index in [-0.39, 0.29) is 29.4 Å². The molecule has 2 saturated carbocycles. The van der Waals surface area contributed by atoms with Crippen molar-refractivity contribution in [2.24, 2.45) is 4.99 Å². The maximum Gasteiger partial charge on any atom is 0.191 e. The van der Waals surface area contributed by atoms with Gasteiger partial charge in [0.25, 0.3) is 0 Å². The first-order valence-electron chi connectivity index (χ1n) is 7.46. The summed E-state index contributed by atoms with van der Waals surface area (Å²) in [6, 6.07) is 8.87. The first-order chi connectivity index (χ1) is 9.73. The summed E-state index contributed by atoms with van der Waals surface area (Å²) in [6.07, 6.45) is 6.20. The molecule has 2 N–H and O–H groups in total. The first kappa shape index (κ1) is 16.9. The summed E-state index contributed by atoms with van der Waals surface area (Å²) in [5.74, 6) is 0.922. The van der Waals surface area contributed by atoms with Gasteiger partial charge in [-0.2, -0.15) is 0 Å². The molecule has 0 radical (unpaired) electrons. The molecule has 0 atom stereocenters. The van der Waals surface area contributed by atoms with Gasteiger partial charge in [-0.15, -0.1) is 24.0 Å². The molecule has 0 amide bonds.